The number of phosphoric ester groups is 1. The van der Waals surface area contributed by atoms with Crippen molar-refractivity contribution in [2.24, 2.45) is 0 Å². The minimum Gasteiger partial charge on any atom is -0.386 e. The topological polar surface area (TPSA) is 44.8 Å². The molecule has 4 aromatic carbocycles. The summed E-state index contributed by atoms with van der Waals surface area (Å²) in [6.45, 7) is 16.7. The normalized spacial score (nSPS) is 12.4. The van der Waals surface area contributed by atoms with Gasteiger partial charge in [0.25, 0.3) is 0 Å². The second-order valence-electron chi connectivity index (χ2n) is 11.7. The van der Waals surface area contributed by atoms with E-state index in [1.54, 1.807) is 6.07 Å². The fourth-order valence-corrected chi connectivity index (χ4v) is 5.55. The Kier molecular flexibility index (Phi) is 7.18. The molecule has 37 heavy (non-hydrogen) atoms. The van der Waals surface area contributed by atoms with Crippen LogP contribution in [-0.4, -0.2) is 0 Å². The first kappa shape index (κ1) is 26.8. The van der Waals surface area contributed by atoms with Crippen LogP contribution in [0.1, 0.15) is 63.8 Å². The Morgan fingerprint density at radius 1 is 0.568 bits per heavy atom. The number of phosphoric acid groups is 1. The SMILES string of the molecule is Cc1ccc(OP(=O)(Oc2ccc3ccccc3c2)Oc2ccc(C)cc2C(C)(C)C)c(C(C)(C)C)c1. The number of aryl methyl sites for hydroxylation is 2. The third kappa shape index (κ3) is 6.37. The van der Waals surface area contributed by atoms with Gasteiger partial charge < -0.3 is 13.6 Å². The molecule has 0 heterocycles. The summed E-state index contributed by atoms with van der Waals surface area (Å²) in [6, 6.07) is 25.2. The smallest absolute Gasteiger partial charge is 0.386 e. The molecule has 0 N–H and O–H groups in total. The Morgan fingerprint density at radius 2 is 1.05 bits per heavy atom. The van der Waals surface area contributed by atoms with Crippen LogP contribution in [0.2, 0.25) is 0 Å². The van der Waals surface area contributed by atoms with Gasteiger partial charge in [-0.05, 0) is 59.7 Å². The highest BCUT2D eigenvalue weighted by atomic mass is 31.2. The molecule has 0 fully saturated rings. The Labute approximate surface area is 221 Å². The van der Waals surface area contributed by atoms with E-state index in [1.165, 1.54) is 0 Å². The molecule has 5 heteroatoms. The van der Waals surface area contributed by atoms with Gasteiger partial charge in [-0.2, -0.15) is 4.57 Å². The molecule has 4 aromatic rings. The number of hydrogen-bond donors (Lipinski definition) is 0. The van der Waals surface area contributed by atoms with Crippen LogP contribution in [0.25, 0.3) is 10.8 Å². The zero-order valence-electron chi connectivity index (χ0n) is 23.1. The lowest BCUT2D eigenvalue weighted by Gasteiger charge is -2.28. The Hall–Kier alpha value is -3.23. The van der Waals surface area contributed by atoms with Crippen LogP contribution in [-0.2, 0) is 15.4 Å². The van der Waals surface area contributed by atoms with Crippen molar-refractivity contribution in [3.63, 3.8) is 0 Å². The van der Waals surface area contributed by atoms with Crippen LogP contribution in [0.15, 0.2) is 78.9 Å². The van der Waals surface area contributed by atoms with Crippen molar-refractivity contribution in [2.45, 2.75) is 66.2 Å². The van der Waals surface area contributed by atoms with E-state index in [0.29, 0.717) is 17.2 Å². The van der Waals surface area contributed by atoms with E-state index in [0.717, 1.165) is 33.0 Å². The maximum absolute atomic E-state index is 14.5. The maximum Gasteiger partial charge on any atom is 0.647 e. The minimum absolute atomic E-state index is 0.241. The number of hydrogen-bond acceptors (Lipinski definition) is 4. The summed E-state index contributed by atoms with van der Waals surface area (Å²) in [6.07, 6.45) is 0. The average molecular weight is 517 g/mol. The average Bonchev–Trinajstić information content (AvgIpc) is 2.80. The molecule has 0 aromatic heterocycles. The van der Waals surface area contributed by atoms with Gasteiger partial charge >= 0.3 is 7.82 Å². The number of fused-ring (bicyclic) bond motifs is 1. The molecule has 0 unspecified atom stereocenters. The Balaban J connectivity index is 1.82. The van der Waals surface area contributed by atoms with Crippen molar-refractivity contribution in [3.05, 3.63) is 101 Å². The lowest BCUT2D eigenvalue weighted by Crippen LogP contribution is -2.17. The van der Waals surface area contributed by atoms with Crippen molar-refractivity contribution in [2.75, 3.05) is 0 Å². The summed E-state index contributed by atoms with van der Waals surface area (Å²) >= 11 is 0. The summed E-state index contributed by atoms with van der Waals surface area (Å²) in [4.78, 5) is 0. The van der Waals surface area contributed by atoms with Crippen molar-refractivity contribution in [1.82, 2.24) is 0 Å². The van der Waals surface area contributed by atoms with Gasteiger partial charge in [0.1, 0.15) is 17.2 Å². The van der Waals surface area contributed by atoms with Crippen LogP contribution in [0.4, 0.5) is 0 Å². The number of rotatable bonds is 6. The highest BCUT2D eigenvalue weighted by Gasteiger charge is 2.37. The van der Waals surface area contributed by atoms with E-state index >= 15 is 0 Å². The first-order valence-corrected chi connectivity index (χ1v) is 14.1. The van der Waals surface area contributed by atoms with Crippen LogP contribution < -0.4 is 13.6 Å². The molecule has 0 spiro atoms. The fraction of sp³-hybridized carbons (Fsp3) is 0.312. The van der Waals surface area contributed by atoms with Crippen molar-refractivity contribution >= 4 is 18.6 Å². The van der Waals surface area contributed by atoms with Crippen LogP contribution in [0.5, 0.6) is 17.2 Å². The molecule has 0 aliphatic heterocycles. The second kappa shape index (κ2) is 9.91. The summed E-state index contributed by atoms with van der Waals surface area (Å²) in [7, 11) is -4.19. The summed E-state index contributed by atoms with van der Waals surface area (Å²) in [5.41, 5.74) is 3.57. The maximum atomic E-state index is 14.5. The quantitative estimate of drug-likeness (QED) is 0.239. The second-order valence-corrected chi connectivity index (χ2v) is 13.2. The van der Waals surface area contributed by atoms with Gasteiger partial charge in [0.15, 0.2) is 0 Å². The molecular weight excluding hydrogens is 479 g/mol. The van der Waals surface area contributed by atoms with Gasteiger partial charge in [-0.3, -0.25) is 0 Å². The highest BCUT2D eigenvalue weighted by Crippen LogP contribution is 2.53. The number of benzene rings is 4. The van der Waals surface area contributed by atoms with E-state index in [4.69, 9.17) is 13.6 Å². The molecule has 0 bridgehead atoms. The van der Waals surface area contributed by atoms with Crippen LogP contribution in [0, 0.1) is 13.8 Å². The largest absolute Gasteiger partial charge is 0.647 e. The lowest BCUT2D eigenvalue weighted by atomic mass is 9.85. The van der Waals surface area contributed by atoms with Gasteiger partial charge in [-0.15, -0.1) is 0 Å². The third-order valence-corrected chi connectivity index (χ3v) is 7.52. The van der Waals surface area contributed by atoms with Crippen LogP contribution >= 0.6 is 7.82 Å². The Morgan fingerprint density at radius 3 is 1.54 bits per heavy atom. The standard InChI is InChI=1S/C32H37O4P/c1-22-13-17-29(27(19-22)31(3,4)5)35-37(33,34-26-16-15-24-11-9-10-12-25(24)21-26)36-30-18-14-23(2)20-28(30)32(6,7)8/h9-21H,1-8H3. The molecule has 4 nitrogen and oxygen atoms in total. The molecule has 0 radical (unpaired) electrons. The zero-order chi connectivity index (χ0) is 27.0. The monoisotopic (exact) mass is 516 g/mol. The van der Waals surface area contributed by atoms with Gasteiger partial charge in [0, 0.05) is 11.1 Å². The van der Waals surface area contributed by atoms with E-state index in [9.17, 15) is 4.57 Å². The highest BCUT2D eigenvalue weighted by molar-refractivity contribution is 7.49. The first-order chi connectivity index (χ1) is 17.2. The molecule has 4 rings (SSSR count). The fourth-order valence-electron chi connectivity index (χ4n) is 4.27. The van der Waals surface area contributed by atoms with E-state index in [-0.39, 0.29) is 10.8 Å². The molecule has 0 atom stereocenters. The molecule has 194 valence electrons. The van der Waals surface area contributed by atoms with Crippen LogP contribution in [0.3, 0.4) is 0 Å². The van der Waals surface area contributed by atoms with E-state index in [2.05, 4.69) is 53.7 Å². The first-order valence-electron chi connectivity index (χ1n) is 12.6. The molecule has 0 saturated heterocycles. The predicted octanol–water partition coefficient (Wildman–Crippen LogP) is 9.70. The van der Waals surface area contributed by atoms with Gasteiger partial charge in [-0.1, -0.05) is 107 Å². The molecule has 0 aliphatic carbocycles. The summed E-state index contributed by atoms with van der Waals surface area (Å²) in [5.74, 6) is 1.37. The van der Waals surface area contributed by atoms with Crippen molar-refractivity contribution < 1.29 is 18.1 Å². The zero-order valence-corrected chi connectivity index (χ0v) is 24.0. The molecular formula is C32H37O4P. The van der Waals surface area contributed by atoms with Crippen molar-refractivity contribution in [1.29, 1.82) is 0 Å². The van der Waals surface area contributed by atoms with Crippen molar-refractivity contribution in [3.8, 4) is 17.2 Å². The lowest BCUT2D eigenvalue weighted by molar-refractivity contribution is 0.293. The Bertz CT molecular complexity index is 1410. The summed E-state index contributed by atoms with van der Waals surface area (Å²) < 4.78 is 33.1. The molecule has 0 saturated carbocycles. The third-order valence-electron chi connectivity index (χ3n) is 6.24. The van der Waals surface area contributed by atoms with Gasteiger partial charge in [-0.25, -0.2) is 0 Å². The predicted molar refractivity (Wildman–Crippen MR) is 153 cm³/mol. The summed E-state index contributed by atoms with van der Waals surface area (Å²) in [5, 5.41) is 2.04. The molecule has 0 aliphatic rings. The molecule has 0 amide bonds. The minimum atomic E-state index is -4.19. The van der Waals surface area contributed by atoms with Gasteiger partial charge in [0.05, 0.1) is 0 Å². The van der Waals surface area contributed by atoms with Gasteiger partial charge in [0.2, 0.25) is 0 Å². The van der Waals surface area contributed by atoms with E-state index < -0.39 is 7.82 Å². The van der Waals surface area contributed by atoms with E-state index in [1.807, 2.05) is 74.5 Å².